The molecule has 0 radical (unpaired) electrons. The molecule has 1 amide bonds. The van der Waals surface area contributed by atoms with E-state index in [9.17, 15) is 9.90 Å². The van der Waals surface area contributed by atoms with E-state index in [0.29, 0.717) is 11.4 Å². The van der Waals surface area contributed by atoms with Gasteiger partial charge in [0, 0.05) is 13.2 Å². The van der Waals surface area contributed by atoms with Crippen LogP contribution in [0.25, 0.3) is 0 Å². The molecule has 2 N–H and O–H groups in total. The van der Waals surface area contributed by atoms with Crippen molar-refractivity contribution in [3.05, 3.63) is 16.1 Å². The van der Waals surface area contributed by atoms with Crippen LogP contribution in [0, 0.1) is 0 Å². The third-order valence-electron chi connectivity index (χ3n) is 3.81. The predicted molar refractivity (Wildman–Crippen MR) is 71.2 cm³/mol. The molecule has 1 saturated heterocycles. The molecule has 3 rings (SSSR count). The normalized spacial score (nSPS) is 25.0. The van der Waals surface area contributed by atoms with Gasteiger partial charge in [0.15, 0.2) is 0 Å². The molecule has 6 heteroatoms. The van der Waals surface area contributed by atoms with E-state index >= 15 is 0 Å². The van der Waals surface area contributed by atoms with Gasteiger partial charge in [-0.2, -0.15) is 0 Å². The molecule has 0 aromatic carbocycles. The highest BCUT2D eigenvalue weighted by molar-refractivity contribution is 7.13. The molecule has 2 fully saturated rings. The Morgan fingerprint density at radius 1 is 1.58 bits per heavy atom. The van der Waals surface area contributed by atoms with Crippen molar-refractivity contribution in [2.45, 2.75) is 43.8 Å². The number of amides is 1. The van der Waals surface area contributed by atoms with Gasteiger partial charge in [0.2, 0.25) is 0 Å². The van der Waals surface area contributed by atoms with Crippen LogP contribution in [0.15, 0.2) is 6.20 Å². The average molecular weight is 282 g/mol. The second-order valence-electron chi connectivity index (χ2n) is 5.32. The van der Waals surface area contributed by atoms with E-state index in [1.165, 1.54) is 11.3 Å². The van der Waals surface area contributed by atoms with Gasteiger partial charge in [0.25, 0.3) is 5.91 Å². The van der Waals surface area contributed by atoms with Gasteiger partial charge >= 0.3 is 0 Å². The molecule has 0 bridgehead atoms. The van der Waals surface area contributed by atoms with Crippen molar-refractivity contribution in [2.75, 3.05) is 13.2 Å². The zero-order valence-electron chi connectivity index (χ0n) is 10.7. The number of hydrogen-bond donors (Lipinski definition) is 2. The summed E-state index contributed by atoms with van der Waals surface area (Å²) in [6.07, 6.45) is 6.28. The lowest BCUT2D eigenvalue weighted by molar-refractivity contribution is -0.0300. The summed E-state index contributed by atoms with van der Waals surface area (Å²) in [7, 11) is 0. The summed E-state index contributed by atoms with van der Waals surface area (Å²) in [5, 5.41) is 13.6. The third kappa shape index (κ3) is 2.80. The molecule has 1 saturated carbocycles. The van der Waals surface area contributed by atoms with Gasteiger partial charge in [-0.25, -0.2) is 4.98 Å². The monoisotopic (exact) mass is 282 g/mol. The second kappa shape index (κ2) is 5.19. The Hall–Kier alpha value is -0.980. The standard InChI is InChI=1S/C13H18N2O3S/c16-11(15-8-13(17)4-2-5-13)10-7-14-12(19-10)9-3-1-6-18-9/h7,9,17H,1-6,8H2,(H,15,16). The van der Waals surface area contributed by atoms with Crippen LogP contribution in [0.2, 0.25) is 0 Å². The Bertz CT molecular complexity index is 464. The van der Waals surface area contributed by atoms with E-state index in [-0.39, 0.29) is 12.0 Å². The van der Waals surface area contributed by atoms with Crippen molar-refractivity contribution in [2.24, 2.45) is 0 Å². The first-order valence-corrected chi connectivity index (χ1v) is 7.56. The van der Waals surface area contributed by atoms with E-state index in [2.05, 4.69) is 10.3 Å². The summed E-state index contributed by atoms with van der Waals surface area (Å²) in [5.74, 6) is -0.151. The van der Waals surface area contributed by atoms with Crippen molar-refractivity contribution in [1.29, 1.82) is 0 Å². The van der Waals surface area contributed by atoms with E-state index in [1.807, 2.05) is 0 Å². The molecule has 104 valence electrons. The number of aliphatic hydroxyl groups is 1. The molecule has 0 spiro atoms. The number of carbonyl (C=O) groups excluding carboxylic acids is 1. The summed E-state index contributed by atoms with van der Waals surface area (Å²) in [4.78, 5) is 16.8. The Morgan fingerprint density at radius 3 is 3.05 bits per heavy atom. The van der Waals surface area contributed by atoms with Crippen LogP contribution in [0.1, 0.15) is 52.9 Å². The molecule has 2 heterocycles. The lowest BCUT2D eigenvalue weighted by atomic mass is 9.80. The maximum atomic E-state index is 12.0. The quantitative estimate of drug-likeness (QED) is 0.880. The lowest BCUT2D eigenvalue weighted by Crippen LogP contribution is -2.47. The van der Waals surface area contributed by atoms with Gasteiger partial charge in [-0.05, 0) is 32.1 Å². The Labute approximate surface area is 116 Å². The molecule has 1 atom stereocenters. The number of aromatic nitrogens is 1. The Balaban J connectivity index is 1.57. The van der Waals surface area contributed by atoms with Crippen molar-refractivity contribution < 1.29 is 14.6 Å². The van der Waals surface area contributed by atoms with Crippen molar-refractivity contribution in [3.8, 4) is 0 Å². The molecule has 1 aromatic rings. The first-order valence-electron chi connectivity index (χ1n) is 6.74. The average Bonchev–Trinajstić information content (AvgIpc) is 3.02. The zero-order valence-corrected chi connectivity index (χ0v) is 11.5. The summed E-state index contributed by atoms with van der Waals surface area (Å²) < 4.78 is 5.55. The van der Waals surface area contributed by atoms with Gasteiger partial charge in [-0.15, -0.1) is 11.3 Å². The topological polar surface area (TPSA) is 71.5 Å². The number of carbonyl (C=O) groups is 1. The van der Waals surface area contributed by atoms with Gasteiger partial charge in [0.05, 0.1) is 11.8 Å². The zero-order chi connectivity index (χ0) is 13.3. The van der Waals surface area contributed by atoms with Gasteiger partial charge < -0.3 is 15.2 Å². The number of nitrogens with zero attached hydrogens (tertiary/aromatic N) is 1. The highest BCUT2D eigenvalue weighted by atomic mass is 32.1. The molecule has 1 aliphatic heterocycles. The Morgan fingerprint density at radius 2 is 2.42 bits per heavy atom. The third-order valence-corrected chi connectivity index (χ3v) is 4.90. The smallest absolute Gasteiger partial charge is 0.263 e. The van der Waals surface area contributed by atoms with Gasteiger partial charge in [-0.3, -0.25) is 4.79 Å². The number of nitrogens with one attached hydrogen (secondary N) is 1. The maximum absolute atomic E-state index is 12.0. The summed E-state index contributed by atoms with van der Waals surface area (Å²) in [6, 6.07) is 0. The number of ether oxygens (including phenoxy) is 1. The Kier molecular flexibility index (Phi) is 3.56. The molecule has 19 heavy (non-hydrogen) atoms. The molecule has 5 nitrogen and oxygen atoms in total. The predicted octanol–water partition coefficient (Wildman–Crippen LogP) is 1.64. The van der Waals surface area contributed by atoms with Crippen molar-refractivity contribution in [3.63, 3.8) is 0 Å². The summed E-state index contributed by atoms with van der Waals surface area (Å²) in [5.41, 5.74) is -0.683. The lowest BCUT2D eigenvalue weighted by Gasteiger charge is -2.36. The van der Waals surface area contributed by atoms with Gasteiger partial charge in [0.1, 0.15) is 16.0 Å². The molecular formula is C13H18N2O3S. The van der Waals surface area contributed by atoms with Crippen LogP contribution in [-0.4, -0.2) is 34.8 Å². The fourth-order valence-electron chi connectivity index (χ4n) is 2.41. The molecule has 2 aliphatic rings. The molecule has 1 unspecified atom stereocenters. The van der Waals surface area contributed by atoms with Crippen LogP contribution in [0.5, 0.6) is 0 Å². The minimum Gasteiger partial charge on any atom is -0.388 e. The maximum Gasteiger partial charge on any atom is 0.263 e. The molecule has 1 aromatic heterocycles. The first-order chi connectivity index (χ1) is 9.16. The van der Waals surface area contributed by atoms with Crippen LogP contribution in [-0.2, 0) is 4.74 Å². The van der Waals surface area contributed by atoms with E-state index in [1.54, 1.807) is 6.20 Å². The molecular weight excluding hydrogens is 264 g/mol. The fraction of sp³-hybridized carbons (Fsp3) is 0.692. The summed E-state index contributed by atoms with van der Waals surface area (Å²) >= 11 is 1.38. The van der Waals surface area contributed by atoms with Crippen molar-refractivity contribution >= 4 is 17.2 Å². The van der Waals surface area contributed by atoms with E-state index < -0.39 is 5.60 Å². The van der Waals surface area contributed by atoms with Crippen LogP contribution < -0.4 is 5.32 Å². The van der Waals surface area contributed by atoms with Crippen LogP contribution in [0.3, 0.4) is 0 Å². The number of thiazole rings is 1. The van der Waals surface area contributed by atoms with Crippen LogP contribution in [0.4, 0.5) is 0 Å². The minimum atomic E-state index is -0.683. The number of rotatable bonds is 4. The van der Waals surface area contributed by atoms with E-state index in [0.717, 1.165) is 43.7 Å². The highest BCUT2D eigenvalue weighted by Gasteiger charge is 2.34. The summed E-state index contributed by atoms with van der Waals surface area (Å²) in [6.45, 7) is 1.11. The van der Waals surface area contributed by atoms with Crippen LogP contribution >= 0.6 is 11.3 Å². The molecule has 1 aliphatic carbocycles. The fourth-order valence-corrected chi connectivity index (χ4v) is 3.33. The minimum absolute atomic E-state index is 0.0577. The highest BCUT2D eigenvalue weighted by Crippen LogP contribution is 2.32. The SMILES string of the molecule is O=C(NCC1(O)CCC1)c1cnc(C2CCCO2)s1. The number of hydrogen-bond acceptors (Lipinski definition) is 5. The van der Waals surface area contributed by atoms with E-state index in [4.69, 9.17) is 4.74 Å². The van der Waals surface area contributed by atoms with Gasteiger partial charge in [-0.1, -0.05) is 0 Å². The first kappa shape index (κ1) is 13.0. The second-order valence-corrected chi connectivity index (χ2v) is 6.39. The van der Waals surface area contributed by atoms with Crippen molar-refractivity contribution in [1.82, 2.24) is 10.3 Å². The largest absolute Gasteiger partial charge is 0.388 e.